The van der Waals surface area contributed by atoms with Crippen molar-refractivity contribution in [2.45, 2.75) is 19.9 Å². The zero-order valence-corrected chi connectivity index (χ0v) is 17.7. The normalized spacial score (nSPS) is 15.7. The van der Waals surface area contributed by atoms with E-state index in [4.69, 9.17) is 0 Å². The zero-order chi connectivity index (χ0) is 21.6. The predicted octanol–water partition coefficient (Wildman–Crippen LogP) is 2.72. The first-order chi connectivity index (χ1) is 14.4. The van der Waals surface area contributed by atoms with Crippen LogP contribution < -0.4 is 10.6 Å². The summed E-state index contributed by atoms with van der Waals surface area (Å²) in [7, 11) is -3.19. The lowest BCUT2D eigenvalue weighted by atomic mass is 10.1. The Balaban J connectivity index is 1.57. The van der Waals surface area contributed by atoms with E-state index in [2.05, 4.69) is 20.5 Å². The topological polar surface area (TPSA) is 94.6 Å². The Hall–Kier alpha value is -2.56. The minimum absolute atomic E-state index is 0.160. The lowest BCUT2D eigenvalue weighted by Crippen LogP contribution is -2.48. The molecule has 0 saturated carbocycles. The summed E-state index contributed by atoms with van der Waals surface area (Å²) >= 11 is 0. The van der Waals surface area contributed by atoms with E-state index < -0.39 is 21.9 Å². The first kappa shape index (κ1) is 22.1. The first-order valence-electron chi connectivity index (χ1n) is 9.83. The van der Waals surface area contributed by atoms with Crippen LogP contribution in [0.2, 0.25) is 0 Å². The SMILES string of the molecule is CCCS(=O)(=O)N1CCN(Cc2cc(F)cc(NC(=O)Nc3cccnc3)c2)CC1. The molecule has 2 heterocycles. The van der Waals surface area contributed by atoms with Crippen LogP contribution in [0.5, 0.6) is 0 Å². The van der Waals surface area contributed by atoms with Crippen LogP contribution in [0.1, 0.15) is 18.9 Å². The first-order valence-corrected chi connectivity index (χ1v) is 11.4. The molecule has 1 saturated heterocycles. The molecule has 2 amide bonds. The van der Waals surface area contributed by atoms with E-state index in [0.717, 1.165) is 0 Å². The molecule has 3 rings (SSSR count). The molecule has 162 valence electrons. The molecule has 1 aliphatic rings. The van der Waals surface area contributed by atoms with Gasteiger partial charge in [0.25, 0.3) is 0 Å². The molecule has 1 fully saturated rings. The molecule has 8 nitrogen and oxygen atoms in total. The van der Waals surface area contributed by atoms with Crippen LogP contribution in [0.4, 0.5) is 20.6 Å². The third-order valence-corrected chi connectivity index (χ3v) is 6.80. The molecule has 0 unspecified atom stereocenters. The lowest BCUT2D eigenvalue weighted by Gasteiger charge is -2.34. The van der Waals surface area contributed by atoms with Gasteiger partial charge in [0.05, 0.1) is 17.6 Å². The van der Waals surface area contributed by atoms with Gasteiger partial charge in [-0.2, -0.15) is 4.31 Å². The summed E-state index contributed by atoms with van der Waals surface area (Å²) in [6.45, 7) is 4.32. The summed E-state index contributed by atoms with van der Waals surface area (Å²) in [5.74, 6) is -0.291. The number of carbonyl (C=O) groups is 1. The van der Waals surface area contributed by atoms with Crippen LogP contribution in [-0.4, -0.2) is 60.6 Å². The summed E-state index contributed by atoms with van der Waals surface area (Å²) in [4.78, 5) is 18.1. The number of nitrogens with one attached hydrogen (secondary N) is 2. The van der Waals surface area contributed by atoms with Gasteiger partial charge in [-0.1, -0.05) is 6.92 Å². The Bertz CT molecular complexity index is 964. The number of piperazine rings is 1. The van der Waals surface area contributed by atoms with Crippen LogP contribution >= 0.6 is 0 Å². The average Bonchev–Trinajstić information content (AvgIpc) is 2.68. The highest BCUT2D eigenvalue weighted by atomic mass is 32.2. The van der Waals surface area contributed by atoms with Crippen LogP contribution in [0.25, 0.3) is 0 Å². The van der Waals surface area contributed by atoms with Gasteiger partial charge in [0.15, 0.2) is 0 Å². The van der Waals surface area contributed by atoms with Crippen LogP contribution in [0.3, 0.4) is 0 Å². The van der Waals surface area contributed by atoms with Crippen LogP contribution in [0, 0.1) is 5.82 Å². The number of nitrogens with zero attached hydrogens (tertiary/aromatic N) is 3. The standard InChI is InChI=1S/C20H26FN5O3S/c1-2-10-30(28,29)26-8-6-25(7-9-26)15-16-11-17(21)13-19(12-16)24-20(27)23-18-4-3-5-22-14-18/h3-5,11-14H,2,6-10,15H2,1H3,(H2,23,24,27). The van der Waals surface area contributed by atoms with E-state index in [1.165, 1.54) is 22.6 Å². The molecule has 0 radical (unpaired) electrons. The lowest BCUT2D eigenvalue weighted by molar-refractivity contribution is 0.181. The second-order valence-corrected chi connectivity index (χ2v) is 9.25. The highest BCUT2D eigenvalue weighted by Gasteiger charge is 2.26. The molecule has 0 atom stereocenters. The monoisotopic (exact) mass is 435 g/mol. The number of anilines is 2. The third kappa shape index (κ3) is 6.22. The van der Waals surface area contributed by atoms with Crippen molar-refractivity contribution in [2.24, 2.45) is 0 Å². The van der Waals surface area contributed by atoms with Gasteiger partial charge in [-0.25, -0.2) is 17.6 Å². The molecule has 30 heavy (non-hydrogen) atoms. The maximum absolute atomic E-state index is 14.1. The second-order valence-electron chi connectivity index (χ2n) is 7.16. The fourth-order valence-electron chi connectivity index (χ4n) is 3.36. The number of benzene rings is 1. The van der Waals surface area contributed by atoms with E-state index in [0.29, 0.717) is 56.1 Å². The van der Waals surface area contributed by atoms with Crippen molar-refractivity contribution in [3.05, 3.63) is 54.1 Å². The zero-order valence-electron chi connectivity index (χ0n) is 16.8. The summed E-state index contributed by atoms with van der Waals surface area (Å²) in [6, 6.07) is 7.29. The fraction of sp³-hybridized carbons (Fsp3) is 0.400. The van der Waals surface area contributed by atoms with Gasteiger partial charge in [0.1, 0.15) is 5.82 Å². The molecule has 1 aliphatic heterocycles. The minimum atomic E-state index is -3.19. The van der Waals surface area contributed by atoms with E-state index in [9.17, 15) is 17.6 Å². The minimum Gasteiger partial charge on any atom is -0.308 e. The Morgan fingerprint density at radius 2 is 1.87 bits per heavy atom. The average molecular weight is 436 g/mol. The second kappa shape index (κ2) is 9.96. The maximum Gasteiger partial charge on any atom is 0.323 e. The van der Waals surface area contributed by atoms with Gasteiger partial charge in [-0.05, 0) is 42.3 Å². The smallest absolute Gasteiger partial charge is 0.308 e. The third-order valence-electron chi connectivity index (χ3n) is 4.73. The van der Waals surface area contributed by atoms with E-state index >= 15 is 0 Å². The summed E-state index contributed by atoms with van der Waals surface area (Å²) < 4.78 is 40.0. The van der Waals surface area contributed by atoms with Gasteiger partial charge in [0.2, 0.25) is 10.0 Å². The molecule has 1 aromatic heterocycles. The number of pyridine rings is 1. The summed E-state index contributed by atoms with van der Waals surface area (Å²) in [5.41, 5.74) is 1.58. The van der Waals surface area contributed by atoms with E-state index in [-0.39, 0.29) is 5.75 Å². The number of urea groups is 1. The van der Waals surface area contributed by atoms with Crippen molar-refractivity contribution < 1.29 is 17.6 Å². The number of hydrogen-bond donors (Lipinski definition) is 2. The molecule has 0 bridgehead atoms. The summed E-state index contributed by atoms with van der Waals surface area (Å²) in [5, 5.41) is 5.26. The van der Waals surface area contributed by atoms with Crippen molar-refractivity contribution in [3.63, 3.8) is 0 Å². The number of carbonyl (C=O) groups excluding carboxylic acids is 1. The number of amides is 2. The molecule has 10 heteroatoms. The van der Waals surface area contributed by atoms with Crippen molar-refractivity contribution in [3.8, 4) is 0 Å². The molecule has 2 aromatic rings. The highest BCUT2D eigenvalue weighted by Crippen LogP contribution is 2.18. The van der Waals surface area contributed by atoms with Crippen molar-refractivity contribution in [1.29, 1.82) is 0 Å². The van der Waals surface area contributed by atoms with Gasteiger partial charge >= 0.3 is 6.03 Å². The van der Waals surface area contributed by atoms with Gasteiger partial charge in [0, 0.05) is 44.6 Å². The summed E-state index contributed by atoms with van der Waals surface area (Å²) in [6.07, 6.45) is 3.70. The molecular weight excluding hydrogens is 409 g/mol. The molecule has 0 spiro atoms. The molecule has 2 N–H and O–H groups in total. The predicted molar refractivity (Wildman–Crippen MR) is 114 cm³/mol. The van der Waals surface area contributed by atoms with E-state index in [1.807, 2.05) is 6.92 Å². The fourth-order valence-corrected chi connectivity index (χ4v) is 4.85. The quantitative estimate of drug-likeness (QED) is 0.697. The Labute approximate surface area is 176 Å². The maximum atomic E-state index is 14.1. The number of aromatic nitrogens is 1. The number of hydrogen-bond acceptors (Lipinski definition) is 5. The Morgan fingerprint density at radius 3 is 2.53 bits per heavy atom. The van der Waals surface area contributed by atoms with Gasteiger partial charge in [-0.3, -0.25) is 9.88 Å². The van der Waals surface area contributed by atoms with Crippen molar-refractivity contribution in [2.75, 3.05) is 42.6 Å². The van der Waals surface area contributed by atoms with Gasteiger partial charge in [-0.15, -0.1) is 0 Å². The number of sulfonamides is 1. The molecule has 0 aliphatic carbocycles. The van der Waals surface area contributed by atoms with E-state index in [1.54, 1.807) is 24.4 Å². The molecule has 1 aromatic carbocycles. The Kier molecular flexibility index (Phi) is 7.35. The van der Waals surface area contributed by atoms with Gasteiger partial charge < -0.3 is 10.6 Å². The molecular formula is C20H26FN5O3S. The van der Waals surface area contributed by atoms with Crippen molar-refractivity contribution >= 4 is 27.4 Å². The van der Waals surface area contributed by atoms with Crippen LogP contribution in [-0.2, 0) is 16.6 Å². The largest absolute Gasteiger partial charge is 0.323 e. The number of halogens is 1. The highest BCUT2D eigenvalue weighted by molar-refractivity contribution is 7.89. The number of rotatable bonds is 7. The Morgan fingerprint density at radius 1 is 1.13 bits per heavy atom. The van der Waals surface area contributed by atoms with Crippen LogP contribution in [0.15, 0.2) is 42.7 Å². The van der Waals surface area contributed by atoms with Crippen molar-refractivity contribution in [1.82, 2.24) is 14.2 Å².